The topological polar surface area (TPSA) is 40.7 Å². The molecule has 0 aliphatic carbocycles. The maximum absolute atomic E-state index is 4.37. The van der Waals surface area contributed by atoms with Crippen LogP contribution in [0, 0.1) is 6.92 Å². The Morgan fingerprint density at radius 1 is 1.31 bits per heavy atom. The number of nitrogens with one attached hydrogen (secondary N) is 2. The number of thiophene rings is 1. The van der Waals surface area contributed by atoms with Gasteiger partial charge in [0.15, 0.2) is 5.82 Å². The lowest BCUT2D eigenvalue weighted by Crippen LogP contribution is -1.99. The van der Waals surface area contributed by atoms with E-state index in [-0.39, 0.29) is 0 Å². The summed E-state index contributed by atoms with van der Waals surface area (Å²) in [6.07, 6.45) is 3.61. The highest BCUT2D eigenvalue weighted by molar-refractivity contribution is 7.15. The Bertz CT molecular complexity index is 498. The van der Waals surface area contributed by atoms with Crippen LogP contribution in [0.5, 0.6) is 0 Å². The molecular weight excluding hydrogens is 218 g/mol. The lowest BCUT2D eigenvalue weighted by Gasteiger charge is -1.99. The third kappa shape index (κ3) is 1.63. The molecule has 0 spiro atoms. The fourth-order valence-corrected chi connectivity index (χ4v) is 3.05. The molecule has 3 nitrogen and oxygen atoms in total. The molecule has 0 aromatic carbocycles. The van der Waals surface area contributed by atoms with Gasteiger partial charge in [0, 0.05) is 17.0 Å². The molecule has 2 aromatic rings. The van der Waals surface area contributed by atoms with Crippen molar-refractivity contribution in [2.45, 2.75) is 26.2 Å². The van der Waals surface area contributed by atoms with E-state index in [1.807, 2.05) is 11.3 Å². The van der Waals surface area contributed by atoms with Gasteiger partial charge >= 0.3 is 0 Å². The minimum atomic E-state index is 1.04. The van der Waals surface area contributed by atoms with E-state index in [0.717, 1.165) is 18.8 Å². The molecule has 4 heteroatoms. The number of rotatable bonds is 1. The summed E-state index contributed by atoms with van der Waals surface area (Å²) >= 11 is 1.83. The van der Waals surface area contributed by atoms with E-state index in [1.165, 1.54) is 33.9 Å². The molecule has 3 rings (SSSR count). The van der Waals surface area contributed by atoms with Gasteiger partial charge in [0.05, 0.1) is 10.6 Å². The lowest BCUT2D eigenvalue weighted by atomic mass is 10.1. The molecule has 0 saturated heterocycles. The SMILES string of the molecule is Cc1ccc(-c2[nH]nc3c2CCCCN3)s1. The molecule has 0 radical (unpaired) electrons. The van der Waals surface area contributed by atoms with Crippen molar-refractivity contribution in [3.05, 3.63) is 22.6 Å². The van der Waals surface area contributed by atoms with Crippen LogP contribution in [-0.4, -0.2) is 16.7 Å². The number of aryl methyl sites for hydroxylation is 1. The Labute approximate surface area is 98.9 Å². The summed E-state index contributed by atoms with van der Waals surface area (Å²) in [6.45, 7) is 3.18. The van der Waals surface area contributed by atoms with Crippen molar-refractivity contribution in [2.75, 3.05) is 11.9 Å². The van der Waals surface area contributed by atoms with Crippen LogP contribution < -0.4 is 5.32 Å². The normalized spacial score (nSPS) is 15.3. The van der Waals surface area contributed by atoms with Crippen LogP contribution in [0.4, 0.5) is 5.82 Å². The highest BCUT2D eigenvalue weighted by Crippen LogP contribution is 2.33. The summed E-state index contributed by atoms with van der Waals surface area (Å²) in [5, 5.41) is 10.9. The smallest absolute Gasteiger partial charge is 0.151 e. The van der Waals surface area contributed by atoms with Gasteiger partial charge in [-0.1, -0.05) is 0 Å². The van der Waals surface area contributed by atoms with Gasteiger partial charge in [0.2, 0.25) is 0 Å². The molecule has 2 N–H and O–H groups in total. The van der Waals surface area contributed by atoms with E-state index in [9.17, 15) is 0 Å². The predicted octanol–water partition coefficient (Wildman–Crippen LogP) is 3.19. The first-order chi connectivity index (χ1) is 7.84. The Kier molecular flexibility index (Phi) is 2.44. The zero-order valence-electron chi connectivity index (χ0n) is 9.34. The first-order valence-corrected chi connectivity index (χ1v) is 6.54. The maximum atomic E-state index is 4.37. The molecule has 0 amide bonds. The number of nitrogens with zero attached hydrogens (tertiary/aromatic N) is 1. The Hall–Kier alpha value is -1.29. The van der Waals surface area contributed by atoms with Gasteiger partial charge in [-0.25, -0.2) is 0 Å². The van der Waals surface area contributed by atoms with Gasteiger partial charge in [-0.05, 0) is 38.3 Å². The third-order valence-electron chi connectivity index (χ3n) is 3.00. The van der Waals surface area contributed by atoms with Gasteiger partial charge in [0.25, 0.3) is 0 Å². The molecule has 0 atom stereocenters. The zero-order valence-corrected chi connectivity index (χ0v) is 10.2. The van der Waals surface area contributed by atoms with Crippen LogP contribution >= 0.6 is 11.3 Å². The van der Waals surface area contributed by atoms with E-state index < -0.39 is 0 Å². The van der Waals surface area contributed by atoms with E-state index >= 15 is 0 Å². The number of hydrogen-bond donors (Lipinski definition) is 2. The minimum Gasteiger partial charge on any atom is -0.368 e. The van der Waals surface area contributed by atoms with Crippen LogP contribution in [0.15, 0.2) is 12.1 Å². The van der Waals surface area contributed by atoms with Crippen LogP contribution in [0.25, 0.3) is 10.6 Å². The van der Waals surface area contributed by atoms with Crippen molar-refractivity contribution in [1.82, 2.24) is 10.2 Å². The summed E-state index contributed by atoms with van der Waals surface area (Å²) < 4.78 is 0. The molecule has 0 saturated carbocycles. The number of aromatic nitrogens is 2. The molecule has 0 fully saturated rings. The number of hydrogen-bond acceptors (Lipinski definition) is 3. The summed E-state index contributed by atoms with van der Waals surface area (Å²) in [7, 11) is 0. The Morgan fingerprint density at radius 2 is 2.25 bits per heavy atom. The second-order valence-electron chi connectivity index (χ2n) is 4.22. The van der Waals surface area contributed by atoms with Crippen molar-refractivity contribution >= 4 is 17.2 Å². The highest BCUT2D eigenvalue weighted by Gasteiger charge is 2.17. The van der Waals surface area contributed by atoms with Gasteiger partial charge < -0.3 is 5.32 Å². The lowest BCUT2D eigenvalue weighted by molar-refractivity contribution is 0.784. The van der Waals surface area contributed by atoms with Gasteiger partial charge in [0.1, 0.15) is 0 Å². The fourth-order valence-electron chi connectivity index (χ4n) is 2.16. The quantitative estimate of drug-likeness (QED) is 0.794. The minimum absolute atomic E-state index is 1.04. The first kappa shape index (κ1) is 9.90. The van der Waals surface area contributed by atoms with E-state index in [1.54, 1.807) is 0 Å². The summed E-state index contributed by atoms with van der Waals surface area (Å²) in [5.41, 5.74) is 2.57. The van der Waals surface area contributed by atoms with Gasteiger partial charge in [-0.15, -0.1) is 11.3 Å². The van der Waals surface area contributed by atoms with Crippen LogP contribution in [0.1, 0.15) is 23.3 Å². The van der Waals surface area contributed by atoms with Gasteiger partial charge in [-0.2, -0.15) is 5.10 Å². The van der Waals surface area contributed by atoms with Crippen LogP contribution in [0.2, 0.25) is 0 Å². The molecule has 1 aliphatic rings. The summed E-state index contributed by atoms with van der Waals surface area (Å²) in [4.78, 5) is 2.65. The summed E-state index contributed by atoms with van der Waals surface area (Å²) in [6, 6.07) is 4.34. The van der Waals surface area contributed by atoms with Crippen LogP contribution in [0.3, 0.4) is 0 Å². The van der Waals surface area contributed by atoms with Gasteiger partial charge in [-0.3, -0.25) is 5.10 Å². The number of aromatic amines is 1. The third-order valence-corrected chi connectivity index (χ3v) is 4.02. The number of H-pyrrole nitrogens is 1. The Balaban J connectivity index is 2.05. The second-order valence-corrected chi connectivity index (χ2v) is 5.51. The molecule has 0 unspecified atom stereocenters. The second kappa shape index (κ2) is 3.94. The van der Waals surface area contributed by atoms with Crippen molar-refractivity contribution in [1.29, 1.82) is 0 Å². The molecule has 84 valence electrons. The van der Waals surface area contributed by atoms with Crippen molar-refractivity contribution in [3.63, 3.8) is 0 Å². The van der Waals surface area contributed by atoms with E-state index in [2.05, 4.69) is 34.6 Å². The van der Waals surface area contributed by atoms with Crippen molar-refractivity contribution in [2.24, 2.45) is 0 Å². The largest absolute Gasteiger partial charge is 0.368 e. The van der Waals surface area contributed by atoms with Crippen molar-refractivity contribution in [3.8, 4) is 10.6 Å². The fraction of sp³-hybridized carbons (Fsp3) is 0.417. The summed E-state index contributed by atoms with van der Waals surface area (Å²) in [5.74, 6) is 1.05. The standard InChI is InChI=1S/C12H15N3S/c1-8-5-6-10(16-8)11-9-4-2-3-7-13-12(9)15-14-11/h5-6H,2-4,7H2,1H3,(H2,13,14,15). The molecule has 16 heavy (non-hydrogen) atoms. The number of fused-ring (bicyclic) bond motifs is 1. The van der Waals surface area contributed by atoms with Crippen LogP contribution in [-0.2, 0) is 6.42 Å². The maximum Gasteiger partial charge on any atom is 0.151 e. The van der Waals surface area contributed by atoms with E-state index in [0.29, 0.717) is 0 Å². The first-order valence-electron chi connectivity index (χ1n) is 5.72. The molecule has 2 aromatic heterocycles. The zero-order chi connectivity index (χ0) is 11.0. The molecule has 3 heterocycles. The number of anilines is 1. The molecule has 1 aliphatic heterocycles. The monoisotopic (exact) mass is 233 g/mol. The highest BCUT2D eigenvalue weighted by atomic mass is 32.1. The average molecular weight is 233 g/mol. The predicted molar refractivity (Wildman–Crippen MR) is 68.1 cm³/mol. The Morgan fingerprint density at radius 3 is 3.06 bits per heavy atom. The molecule has 0 bridgehead atoms. The van der Waals surface area contributed by atoms with Crippen molar-refractivity contribution < 1.29 is 0 Å². The average Bonchev–Trinajstić information content (AvgIpc) is 2.79. The van der Waals surface area contributed by atoms with E-state index in [4.69, 9.17) is 0 Å². The molecular formula is C12H15N3S.